The Morgan fingerprint density at radius 1 is 0.846 bits per heavy atom. The monoisotopic (exact) mass is 394 g/mol. The number of ether oxygens (including phenoxy) is 3. The normalized spacial score (nSPS) is 11.0. The Labute approximate surface area is 162 Å². The summed E-state index contributed by atoms with van der Waals surface area (Å²) in [4.78, 5) is 7.88. The lowest BCUT2D eigenvalue weighted by atomic mass is 10.1. The van der Waals surface area contributed by atoms with Gasteiger partial charge in [-0.3, -0.25) is 0 Å². The second-order valence-corrected chi connectivity index (χ2v) is 6.28. The molecule has 1 aromatic heterocycles. The van der Waals surface area contributed by atoms with Crippen molar-refractivity contribution >= 4 is 34.2 Å². The number of aromatic amines is 1. The molecular formula is C19H20Cl2N2O3. The molecular weight excluding hydrogens is 375 g/mol. The Bertz CT molecular complexity index is 859. The van der Waals surface area contributed by atoms with Crippen LogP contribution >= 0.6 is 23.2 Å². The molecule has 0 spiro atoms. The van der Waals surface area contributed by atoms with Crippen molar-refractivity contribution in [2.75, 3.05) is 19.8 Å². The number of H-pyrrole nitrogens is 1. The minimum atomic E-state index is 0.467. The highest BCUT2D eigenvalue weighted by Crippen LogP contribution is 2.42. The predicted molar refractivity (Wildman–Crippen MR) is 105 cm³/mol. The molecule has 3 rings (SSSR count). The molecule has 0 amide bonds. The summed E-state index contributed by atoms with van der Waals surface area (Å²) in [7, 11) is 0. The lowest BCUT2D eigenvalue weighted by molar-refractivity contribution is 0.261. The molecule has 1 N–H and O–H groups in total. The van der Waals surface area contributed by atoms with Gasteiger partial charge in [0.1, 0.15) is 5.82 Å². The zero-order valence-corrected chi connectivity index (χ0v) is 16.4. The first kappa shape index (κ1) is 18.7. The Hall–Kier alpha value is -2.11. The fourth-order valence-electron chi connectivity index (χ4n) is 2.67. The predicted octanol–water partition coefficient (Wildman–Crippen LogP) is 5.73. The molecule has 0 atom stereocenters. The molecule has 5 nitrogen and oxygen atoms in total. The molecule has 0 aliphatic carbocycles. The van der Waals surface area contributed by atoms with Crippen LogP contribution in [0.5, 0.6) is 17.2 Å². The molecule has 138 valence electrons. The molecule has 0 aliphatic heterocycles. The molecule has 0 unspecified atom stereocenters. The van der Waals surface area contributed by atoms with E-state index in [0.29, 0.717) is 52.9 Å². The molecule has 2 aromatic carbocycles. The van der Waals surface area contributed by atoms with Crippen LogP contribution in [0.3, 0.4) is 0 Å². The Kier molecular flexibility index (Phi) is 5.79. The molecule has 0 aliphatic rings. The summed E-state index contributed by atoms with van der Waals surface area (Å²) in [6.45, 7) is 7.32. The average molecular weight is 395 g/mol. The van der Waals surface area contributed by atoms with E-state index in [4.69, 9.17) is 37.4 Å². The smallest absolute Gasteiger partial charge is 0.203 e. The number of rotatable bonds is 7. The highest BCUT2D eigenvalue weighted by Gasteiger charge is 2.17. The molecule has 0 bridgehead atoms. The van der Waals surface area contributed by atoms with E-state index in [-0.39, 0.29) is 0 Å². The van der Waals surface area contributed by atoms with E-state index in [0.717, 1.165) is 16.6 Å². The van der Waals surface area contributed by atoms with Crippen molar-refractivity contribution in [3.05, 3.63) is 34.3 Å². The number of nitrogens with one attached hydrogen (secondary N) is 1. The first-order chi connectivity index (χ1) is 12.6. The summed E-state index contributed by atoms with van der Waals surface area (Å²) >= 11 is 12.2. The lowest BCUT2D eigenvalue weighted by Gasteiger charge is -2.16. The van der Waals surface area contributed by atoms with E-state index in [2.05, 4.69) is 9.97 Å². The molecule has 1 heterocycles. The fraction of sp³-hybridized carbons (Fsp3) is 0.316. The van der Waals surface area contributed by atoms with Crippen molar-refractivity contribution in [2.24, 2.45) is 0 Å². The largest absolute Gasteiger partial charge is 0.490 e. The SMILES string of the molecule is CCOc1cc(-c2nc3cc(Cl)c(Cl)cc3[nH]2)cc(OCC)c1OCC. The van der Waals surface area contributed by atoms with Gasteiger partial charge in [0.25, 0.3) is 0 Å². The third-order valence-corrected chi connectivity index (χ3v) is 4.43. The maximum Gasteiger partial charge on any atom is 0.203 e. The summed E-state index contributed by atoms with van der Waals surface area (Å²) in [5.41, 5.74) is 2.36. The second kappa shape index (κ2) is 8.06. The standard InChI is InChI=1S/C19H20Cl2N2O3/c1-4-24-16-7-11(8-17(25-5-2)18(16)26-6-3)19-22-14-9-12(20)13(21)10-15(14)23-19/h7-10H,4-6H2,1-3H3,(H,22,23). The van der Waals surface area contributed by atoms with Crippen LogP contribution in [0.1, 0.15) is 20.8 Å². The van der Waals surface area contributed by atoms with Crippen LogP contribution in [0.15, 0.2) is 24.3 Å². The molecule has 0 fully saturated rings. The van der Waals surface area contributed by atoms with Crippen LogP contribution in [0.4, 0.5) is 0 Å². The number of hydrogen-bond donors (Lipinski definition) is 1. The van der Waals surface area contributed by atoms with Crippen molar-refractivity contribution in [1.82, 2.24) is 9.97 Å². The topological polar surface area (TPSA) is 56.4 Å². The van der Waals surface area contributed by atoms with E-state index in [1.807, 2.05) is 32.9 Å². The van der Waals surface area contributed by atoms with E-state index < -0.39 is 0 Å². The quantitative estimate of drug-likeness (QED) is 0.555. The minimum absolute atomic E-state index is 0.467. The number of aromatic nitrogens is 2. The first-order valence-corrected chi connectivity index (χ1v) is 9.24. The lowest BCUT2D eigenvalue weighted by Crippen LogP contribution is -2.03. The fourth-order valence-corrected chi connectivity index (χ4v) is 2.99. The van der Waals surface area contributed by atoms with Gasteiger partial charge in [-0.25, -0.2) is 4.98 Å². The second-order valence-electron chi connectivity index (χ2n) is 5.47. The molecule has 0 radical (unpaired) electrons. The van der Waals surface area contributed by atoms with Gasteiger partial charge in [0.2, 0.25) is 5.75 Å². The summed E-state index contributed by atoms with van der Waals surface area (Å²) in [6, 6.07) is 7.27. The third kappa shape index (κ3) is 3.69. The number of halogens is 2. The van der Waals surface area contributed by atoms with Gasteiger partial charge in [-0.15, -0.1) is 0 Å². The van der Waals surface area contributed by atoms with Crippen molar-refractivity contribution in [1.29, 1.82) is 0 Å². The summed E-state index contributed by atoms with van der Waals surface area (Å²) < 4.78 is 17.3. The van der Waals surface area contributed by atoms with Crippen LogP contribution in [-0.2, 0) is 0 Å². The van der Waals surface area contributed by atoms with Crippen LogP contribution in [0.25, 0.3) is 22.4 Å². The number of fused-ring (bicyclic) bond motifs is 1. The Morgan fingerprint density at radius 3 is 2.00 bits per heavy atom. The number of benzene rings is 2. The van der Waals surface area contributed by atoms with Gasteiger partial charge < -0.3 is 19.2 Å². The minimum Gasteiger partial charge on any atom is -0.490 e. The number of nitrogens with zero attached hydrogens (tertiary/aromatic N) is 1. The highest BCUT2D eigenvalue weighted by molar-refractivity contribution is 6.42. The van der Waals surface area contributed by atoms with Crippen LogP contribution in [0, 0.1) is 0 Å². The van der Waals surface area contributed by atoms with Gasteiger partial charge in [-0.05, 0) is 45.0 Å². The van der Waals surface area contributed by atoms with E-state index in [9.17, 15) is 0 Å². The van der Waals surface area contributed by atoms with Gasteiger partial charge in [0, 0.05) is 5.56 Å². The third-order valence-electron chi connectivity index (χ3n) is 3.71. The van der Waals surface area contributed by atoms with Crippen LogP contribution in [-0.4, -0.2) is 29.8 Å². The molecule has 7 heteroatoms. The van der Waals surface area contributed by atoms with E-state index in [1.165, 1.54) is 0 Å². The average Bonchev–Trinajstić information content (AvgIpc) is 3.01. The van der Waals surface area contributed by atoms with Gasteiger partial charge in [0.05, 0.1) is 40.9 Å². The van der Waals surface area contributed by atoms with Gasteiger partial charge in [0.15, 0.2) is 11.5 Å². The van der Waals surface area contributed by atoms with Crippen molar-refractivity contribution in [2.45, 2.75) is 20.8 Å². The van der Waals surface area contributed by atoms with Gasteiger partial charge in [-0.1, -0.05) is 23.2 Å². The Balaban J connectivity index is 2.14. The maximum absolute atomic E-state index is 6.10. The number of imidazole rings is 1. The van der Waals surface area contributed by atoms with Crippen LogP contribution in [0.2, 0.25) is 10.0 Å². The summed E-state index contributed by atoms with van der Waals surface area (Å²) in [6.07, 6.45) is 0. The van der Waals surface area contributed by atoms with Crippen LogP contribution < -0.4 is 14.2 Å². The van der Waals surface area contributed by atoms with Crippen molar-refractivity contribution in [3.63, 3.8) is 0 Å². The summed E-state index contributed by atoms with van der Waals surface area (Å²) in [5.74, 6) is 2.50. The van der Waals surface area contributed by atoms with Crippen molar-refractivity contribution < 1.29 is 14.2 Å². The molecule has 3 aromatic rings. The zero-order valence-electron chi connectivity index (χ0n) is 14.9. The van der Waals surface area contributed by atoms with Crippen molar-refractivity contribution in [3.8, 4) is 28.6 Å². The highest BCUT2D eigenvalue weighted by atomic mass is 35.5. The number of hydrogen-bond acceptors (Lipinski definition) is 4. The molecule has 0 saturated heterocycles. The van der Waals surface area contributed by atoms with E-state index in [1.54, 1.807) is 12.1 Å². The zero-order chi connectivity index (χ0) is 18.7. The van der Waals surface area contributed by atoms with E-state index >= 15 is 0 Å². The Morgan fingerprint density at radius 2 is 1.42 bits per heavy atom. The van der Waals surface area contributed by atoms with Gasteiger partial charge >= 0.3 is 0 Å². The maximum atomic E-state index is 6.10. The molecule has 26 heavy (non-hydrogen) atoms. The molecule has 0 saturated carbocycles. The van der Waals surface area contributed by atoms with Gasteiger partial charge in [-0.2, -0.15) is 0 Å². The first-order valence-electron chi connectivity index (χ1n) is 8.48. The summed E-state index contributed by atoms with van der Waals surface area (Å²) in [5, 5.41) is 0.944.